The molecule has 1 fully saturated rings. The molecule has 0 saturated carbocycles. The third-order valence-electron chi connectivity index (χ3n) is 2.23. The standard InChI is InChI=1S/C11H18O5/c1-7(12)5-11(3,4)15-10(13)8(2)9-6-14-16-9/h7,12H,5-6H2,1-4H3. The second-order valence-electron chi connectivity index (χ2n) is 4.60. The zero-order valence-corrected chi connectivity index (χ0v) is 10.1. The van der Waals surface area contributed by atoms with Crippen molar-refractivity contribution in [1.82, 2.24) is 0 Å². The minimum Gasteiger partial charge on any atom is -0.456 e. The lowest BCUT2D eigenvalue weighted by atomic mass is 10.0. The van der Waals surface area contributed by atoms with Crippen LogP contribution in [-0.4, -0.2) is 29.4 Å². The molecule has 0 amide bonds. The third kappa shape index (κ3) is 3.50. The van der Waals surface area contributed by atoms with Gasteiger partial charge in [-0.3, -0.25) is 0 Å². The Kier molecular flexibility index (Phi) is 3.93. The minimum atomic E-state index is -0.697. The number of carbonyl (C=O) groups excluding carboxylic acids is 1. The molecule has 1 unspecified atom stereocenters. The van der Waals surface area contributed by atoms with E-state index in [1.807, 2.05) is 0 Å². The Morgan fingerprint density at radius 1 is 1.62 bits per heavy atom. The first kappa shape index (κ1) is 13.0. The predicted molar refractivity (Wildman–Crippen MR) is 56.2 cm³/mol. The molecule has 1 saturated heterocycles. The van der Waals surface area contributed by atoms with E-state index in [0.717, 1.165) is 0 Å². The van der Waals surface area contributed by atoms with Crippen LogP contribution in [0.4, 0.5) is 0 Å². The smallest absolute Gasteiger partial charge is 0.337 e. The minimum absolute atomic E-state index is 0.303. The van der Waals surface area contributed by atoms with Gasteiger partial charge in [0, 0.05) is 6.42 Å². The monoisotopic (exact) mass is 230 g/mol. The second kappa shape index (κ2) is 4.84. The molecule has 0 aromatic heterocycles. The Labute approximate surface area is 94.9 Å². The summed E-state index contributed by atoms with van der Waals surface area (Å²) < 4.78 is 5.27. The van der Waals surface area contributed by atoms with Gasteiger partial charge in [-0.15, -0.1) is 0 Å². The highest BCUT2D eigenvalue weighted by atomic mass is 17.2. The normalized spacial score (nSPS) is 20.6. The van der Waals surface area contributed by atoms with Gasteiger partial charge in [0.25, 0.3) is 0 Å². The zero-order valence-electron chi connectivity index (χ0n) is 10.1. The first-order chi connectivity index (χ1) is 7.32. The SMILES string of the molecule is CC(C(=O)OC(C)(C)CC(C)O)=C1COO1. The van der Waals surface area contributed by atoms with Crippen molar-refractivity contribution in [1.29, 1.82) is 0 Å². The molecule has 5 nitrogen and oxygen atoms in total. The number of rotatable bonds is 4. The van der Waals surface area contributed by atoms with Crippen LogP contribution in [0.15, 0.2) is 11.3 Å². The highest BCUT2D eigenvalue weighted by Gasteiger charge is 2.28. The van der Waals surface area contributed by atoms with Crippen LogP contribution >= 0.6 is 0 Å². The summed E-state index contributed by atoms with van der Waals surface area (Å²) >= 11 is 0. The summed E-state index contributed by atoms with van der Waals surface area (Å²) in [6, 6.07) is 0. The zero-order chi connectivity index (χ0) is 12.3. The van der Waals surface area contributed by atoms with Crippen LogP contribution in [0, 0.1) is 0 Å². The van der Waals surface area contributed by atoms with E-state index in [1.54, 1.807) is 27.7 Å². The summed E-state index contributed by atoms with van der Waals surface area (Å²) in [5.74, 6) is 0.0572. The number of ether oxygens (including phenoxy) is 1. The molecule has 1 aliphatic rings. The molecule has 0 aromatic rings. The molecule has 0 bridgehead atoms. The van der Waals surface area contributed by atoms with Gasteiger partial charge in [0.05, 0.1) is 11.7 Å². The summed E-state index contributed by atoms with van der Waals surface area (Å²) in [6.45, 7) is 7.10. The van der Waals surface area contributed by atoms with Gasteiger partial charge in [0.15, 0.2) is 12.4 Å². The van der Waals surface area contributed by atoms with Crippen LogP contribution in [0.3, 0.4) is 0 Å². The maximum absolute atomic E-state index is 11.7. The third-order valence-corrected chi connectivity index (χ3v) is 2.23. The number of carbonyl (C=O) groups is 1. The molecule has 16 heavy (non-hydrogen) atoms. The van der Waals surface area contributed by atoms with Gasteiger partial charge in [0.2, 0.25) is 0 Å². The summed E-state index contributed by atoms with van der Waals surface area (Å²) in [5, 5.41) is 9.26. The lowest BCUT2D eigenvalue weighted by molar-refractivity contribution is -0.337. The van der Waals surface area contributed by atoms with E-state index in [1.165, 1.54) is 0 Å². The number of aliphatic hydroxyl groups is 1. The number of hydrogen-bond acceptors (Lipinski definition) is 5. The fourth-order valence-corrected chi connectivity index (χ4v) is 1.48. The molecule has 0 radical (unpaired) electrons. The van der Waals surface area contributed by atoms with E-state index in [9.17, 15) is 9.90 Å². The Balaban J connectivity index is 2.56. The van der Waals surface area contributed by atoms with E-state index >= 15 is 0 Å². The van der Waals surface area contributed by atoms with E-state index in [2.05, 4.69) is 9.78 Å². The van der Waals surface area contributed by atoms with E-state index in [-0.39, 0.29) is 0 Å². The molecule has 1 aliphatic heterocycles. The Hall–Kier alpha value is -1.07. The van der Waals surface area contributed by atoms with Crippen molar-refractivity contribution in [2.45, 2.75) is 45.8 Å². The predicted octanol–water partition coefficient (Wildman–Crippen LogP) is 1.31. The molecule has 5 heteroatoms. The molecule has 1 heterocycles. The quantitative estimate of drug-likeness (QED) is 0.448. The lowest BCUT2D eigenvalue weighted by Gasteiger charge is -2.27. The van der Waals surface area contributed by atoms with Crippen LogP contribution in [0.25, 0.3) is 0 Å². The van der Waals surface area contributed by atoms with E-state index in [4.69, 9.17) is 4.74 Å². The van der Waals surface area contributed by atoms with Crippen LogP contribution in [0.2, 0.25) is 0 Å². The summed E-state index contributed by atoms with van der Waals surface area (Å²) in [7, 11) is 0. The Morgan fingerprint density at radius 2 is 2.19 bits per heavy atom. The van der Waals surface area contributed by atoms with Crippen LogP contribution in [0.1, 0.15) is 34.1 Å². The average Bonchev–Trinajstić information content (AvgIpc) is 1.96. The molecule has 0 spiro atoms. The Bertz CT molecular complexity index is 297. The van der Waals surface area contributed by atoms with Gasteiger partial charge in [-0.2, -0.15) is 4.89 Å². The first-order valence-corrected chi connectivity index (χ1v) is 5.22. The number of hydrogen-bond donors (Lipinski definition) is 1. The highest BCUT2D eigenvalue weighted by molar-refractivity contribution is 5.88. The molecule has 0 aromatic carbocycles. The van der Waals surface area contributed by atoms with Crippen molar-refractivity contribution in [3.05, 3.63) is 11.3 Å². The Morgan fingerprint density at radius 3 is 2.56 bits per heavy atom. The van der Waals surface area contributed by atoms with Crippen molar-refractivity contribution in [3.8, 4) is 0 Å². The maximum Gasteiger partial charge on any atom is 0.337 e. The van der Waals surface area contributed by atoms with Crippen molar-refractivity contribution in [2.75, 3.05) is 6.61 Å². The van der Waals surface area contributed by atoms with E-state index in [0.29, 0.717) is 24.4 Å². The fourth-order valence-electron chi connectivity index (χ4n) is 1.48. The second-order valence-corrected chi connectivity index (χ2v) is 4.60. The fraction of sp³-hybridized carbons (Fsp3) is 0.727. The average molecular weight is 230 g/mol. The number of esters is 1. The summed E-state index contributed by atoms with van der Waals surface area (Å²) in [5.41, 5.74) is -0.289. The molecular formula is C11H18O5. The van der Waals surface area contributed by atoms with Gasteiger partial charge in [0.1, 0.15) is 5.60 Å². The highest BCUT2D eigenvalue weighted by Crippen LogP contribution is 2.22. The van der Waals surface area contributed by atoms with Gasteiger partial charge >= 0.3 is 5.97 Å². The molecule has 0 aliphatic carbocycles. The maximum atomic E-state index is 11.7. The van der Waals surface area contributed by atoms with Crippen LogP contribution < -0.4 is 0 Å². The first-order valence-electron chi connectivity index (χ1n) is 5.22. The topological polar surface area (TPSA) is 65.0 Å². The molecule has 1 rings (SSSR count). The molecule has 92 valence electrons. The van der Waals surface area contributed by atoms with Crippen LogP contribution in [0.5, 0.6) is 0 Å². The van der Waals surface area contributed by atoms with Crippen molar-refractivity contribution >= 4 is 5.97 Å². The lowest BCUT2D eigenvalue weighted by Crippen LogP contribution is -2.33. The van der Waals surface area contributed by atoms with E-state index < -0.39 is 17.7 Å². The van der Waals surface area contributed by atoms with Crippen molar-refractivity contribution in [2.24, 2.45) is 0 Å². The van der Waals surface area contributed by atoms with Gasteiger partial charge < -0.3 is 14.7 Å². The molecule has 1 N–H and O–H groups in total. The van der Waals surface area contributed by atoms with Crippen molar-refractivity contribution < 1.29 is 24.4 Å². The number of aliphatic hydroxyl groups excluding tert-OH is 1. The van der Waals surface area contributed by atoms with Gasteiger partial charge in [-0.1, -0.05) is 0 Å². The van der Waals surface area contributed by atoms with Crippen molar-refractivity contribution in [3.63, 3.8) is 0 Å². The summed E-state index contributed by atoms with van der Waals surface area (Å²) in [4.78, 5) is 20.8. The van der Waals surface area contributed by atoms with Gasteiger partial charge in [-0.05, 0) is 27.7 Å². The largest absolute Gasteiger partial charge is 0.456 e. The summed E-state index contributed by atoms with van der Waals surface area (Å²) in [6.07, 6.45) is -0.127. The molecular weight excluding hydrogens is 212 g/mol. The van der Waals surface area contributed by atoms with Gasteiger partial charge in [-0.25, -0.2) is 4.79 Å². The molecule has 1 atom stereocenters. The van der Waals surface area contributed by atoms with Crippen LogP contribution in [-0.2, 0) is 19.3 Å².